The number of aryl methyl sites for hydroxylation is 1. The van der Waals surface area contributed by atoms with Crippen LogP contribution in [-0.2, 0) is 47.8 Å². The van der Waals surface area contributed by atoms with Crippen LogP contribution < -0.4 is 42.6 Å². The van der Waals surface area contributed by atoms with E-state index in [4.69, 9.17) is 66.6 Å². The van der Waals surface area contributed by atoms with Crippen molar-refractivity contribution >= 4 is 58.9 Å². The van der Waals surface area contributed by atoms with E-state index in [-0.39, 0.29) is 67.3 Å². The maximum Gasteiger partial charge on any atom is 0.513 e. The van der Waals surface area contributed by atoms with Crippen LogP contribution in [0.4, 0.5) is 9.59 Å². The third-order valence-electron chi connectivity index (χ3n) is 12.2. The summed E-state index contributed by atoms with van der Waals surface area (Å²) < 4.78 is 73.2. The second-order valence-corrected chi connectivity index (χ2v) is 19.1. The second kappa shape index (κ2) is 39.9. The Balaban J connectivity index is 0.000000301. The van der Waals surface area contributed by atoms with Gasteiger partial charge in [0.1, 0.15) is 78.2 Å². The Kier molecular flexibility index (Phi) is 30.2. The number of benzene rings is 7. The zero-order valence-corrected chi connectivity index (χ0v) is 51.6. The van der Waals surface area contributed by atoms with Gasteiger partial charge in [-0.1, -0.05) is 44.2 Å². The van der Waals surface area contributed by atoms with E-state index in [1.165, 1.54) is 73.0 Å². The summed E-state index contributed by atoms with van der Waals surface area (Å²) in [6.07, 6.45) is 5.29. The zero-order valence-electron chi connectivity index (χ0n) is 51.6. The van der Waals surface area contributed by atoms with Crippen molar-refractivity contribution in [3.63, 3.8) is 0 Å². The van der Waals surface area contributed by atoms with Gasteiger partial charge in [0.25, 0.3) is 0 Å². The molecule has 0 atom stereocenters. The van der Waals surface area contributed by atoms with Crippen molar-refractivity contribution in [3.8, 4) is 51.7 Å². The molecule has 0 amide bonds. The molecular weight excluding hydrogens is 1240 g/mol. The molecule has 0 radical (unpaired) electrons. The molecule has 0 aliphatic rings. The maximum atomic E-state index is 12.7. The molecular formula is C71H66O24. The summed E-state index contributed by atoms with van der Waals surface area (Å²) in [4.78, 5) is 104. The number of hydrogen-bond acceptors (Lipinski definition) is 24. The molecule has 95 heavy (non-hydrogen) atoms. The van der Waals surface area contributed by atoms with Crippen LogP contribution in [-0.4, -0.2) is 108 Å². The van der Waals surface area contributed by atoms with Gasteiger partial charge in [-0.05, 0) is 188 Å². The minimum atomic E-state index is -1.03. The molecule has 0 heterocycles. The fourth-order valence-corrected chi connectivity index (χ4v) is 7.55. The lowest BCUT2D eigenvalue weighted by molar-refractivity contribution is -0.249. The molecule has 7 aromatic carbocycles. The van der Waals surface area contributed by atoms with E-state index in [9.17, 15) is 38.4 Å². The first-order valence-electron chi connectivity index (χ1n) is 29.0. The highest BCUT2D eigenvalue weighted by Gasteiger charge is 2.17. The fourth-order valence-electron chi connectivity index (χ4n) is 7.55. The van der Waals surface area contributed by atoms with Crippen molar-refractivity contribution in [2.45, 2.75) is 32.6 Å². The van der Waals surface area contributed by atoms with Gasteiger partial charge in [0.15, 0.2) is 6.26 Å². The Morgan fingerprint density at radius 3 is 1.22 bits per heavy atom. The molecule has 24 nitrogen and oxygen atoms in total. The first-order chi connectivity index (χ1) is 46.1. The van der Waals surface area contributed by atoms with Crippen LogP contribution in [0.15, 0.2) is 208 Å². The molecule has 0 N–H and O–H groups in total. The van der Waals surface area contributed by atoms with Crippen molar-refractivity contribution in [2.24, 2.45) is 0 Å². The van der Waals surface area contributed by atoms with E-state index < -0.39 is 48.1 Å². The summed E-state index contributed by atoms with van der Waals surface area (Å²) in [5.41, 5.74) is 3.66. The third kappa shape index (κ3) is 26.7. The van der Waals surface area contributed by atoms with E-state index >= 15 is 0 Å². The average Bonchev–Trinajstić information content (AvgIpc) is 0.922. The molecule has 7 rings (SSSR count). The molecule has 0 saturated heterocycles. The lowest BCUT2D eigenvalue weighted by Crippen LogP contribution is -2.16. The summed E-state index contributed by atoms with van der Waals surface area (Å²) in [6, 6.07) is 40.4. The number of carbonyl (C=O) groups is 8. The molecule has 0 unspecified atom stereocenters. The second-order valence-electron chi connectivity index (χ2n) is 19.1. The normalized spacial score (nSPS) is 10.2. The molecule has 0 bridgehead atoms. The first-order valence-corrected chi connectivity index (χ1v) is 29.0. The number of hydrogen-bond donors (Lipinski definition) is 0. The van der Waals surface area contributed by atoms with Crippen LogP contribution >= 0.6 is 0 Å². The maximum absolute atomic E-state index is 12.7. The van der Waals surface area contributed by atoms with Crippen LogP contribution in [0.25, 0.3) is 10.8 Å². The fraction of sp³-hybridized carbons (Fsp3) is 0.197. The van der Waals surface area contributed by atoms with E-state index in [2.05, 4.69) is 41.5 Å². The van der Waals surface area contributed by atoms with Crippen molar-refractivity contribution in [2.75, 3.05) is 59.6 Å². The third-order valence-corrected chi connectivity index (χ3v) is 12.2. The topological polar surface area (TPSA) is 284 Å². The lowest BCUT2D eigenvalue weighted by Gasteiger charge is -2.11. The van der Waals surface area contributed by atoms with E-state index in [0.717, 1.165) is 47.6 Å². The minimum absolute atomic E-state index is 0.0293. The zero-order chi connectivity index (χ0) is 68.0. The monoisotopic (exact) mass is 1300 g/mol. The number of ether oxygens (including phenoxy) is 14. The molecule has 0 aliphatic carbocycles. The van der Waals surface area contributed by atoms with Crippen LogP contribution in [0, 0.1) is 6.92 Å². The number of rotatable bonds is 35. The van der Waals surface area contributed by atoms with Crippen molar-refractivity contribution in [3.05, 3.63) is 230 Å². The van der Waals surface area contributed by atoms with Gasteiger partial charge in [-0.15, -0.1) is 0 Å². The predicted molar refractivity (Wildman–Crippen MR) is 340 cm³/mol. The summed E-state index contributed by atoms with van der Waals surface area (Å²) in [5, 5.41) is 1.81. The van der Waals surface area contributed by atoms with Crippen LogP contribution in [0.5, 0.6) is 51.7 Å². The molecule has 0 spiro atoms. The smallest absolute Gasteiger partial charge is 0.494 e. The van der Waals surface area contributed by atoms with Gasteiger partial charge in [0, 0.05) is 18.2 Å². The van der Waals surface area contributed by atoms with Gasteiger partial charge in [-0.2, -0.15) is 4.89 Å². The minimum Gasteiger partial charge on any atom is -0.494 e. The molecule has 0 fully saturated rings. The molecule has 0 saturated carbocycles. The standard InChI is InChI=1S/C38H38O10.C33H28O14/c1-3-21-46-47-25-8-7-23-42-33-17-19-34(20-18-33)44-28-45-35-15-11-31-27-36(16-12-30(31)26-35)48-38(40)29-9-13-32(14-10-29)41-22-5-6-24-43-37(39)4-2;1-4-28(34)40-16-18-42-32(38)45-24-10-6-22(7-11-24)30(36)44-26-14-15-27(21(3)20-26)47-31(37)23-8-12-25(13-9-23)46-33(39)43-19-17-41-29(35)5-2/h4,9-21,26-27H,1-2,5-8,22-25,28H2;4-15,20H,1-2,16-19H2,3H3. The highest BCUT2D eigenvalue weighted by atomic mass is 17.2. The summed E-state index contributed by atoms with van der Waals surface area (Å²) in [5.74, 6) is 0.0641. The Hall–Kier alpha value is -12.1. The quantitative estimate of drug-likeness (QED) is 0.00305. The number of fused-ring (bicyclic) bond motifs is 1. The van der Waals surface area contributed by atoms with Gasteiger partial charge in [-0.25, -0.2) is 38.4 Å². The molecule has 7 aromatic rings. The molecule has 494 valence electrons. The Bertz CT molecular complexity index is 3780. The van der Waals surface area contributed by atoms with Gasteiger partial charge in [0.2, 0.25) is 6.79 Å². The van der Waals surface area contributed by atoms with Crippen LogP contribution in [0.1, 0.15) is 62.3 Å². The summed E-state index contributed by atoms with van der Waals surface area (Å²) in [7, 11) is 0. The largest absolute Gasteiger partial charge is 0.513 e. The van der Waals surface area contributed by atoms with Crippen molar-refractivity contribution in [1.29, 1.82) is 0 Å². The first kappa shape index (κ1) is 71.9. The van der Waals surface area contributed by atoms with Gasteiger partial charge >= 0.3 is 48.1 Å². The van der Waals surface area contributed by atoms with E-state index in [0.29, 0.717) is 73.4 Å². The Labute approximate surface area is 545 Å². The van der Waals surface area contributed by atoms with Crippen molar-refractivity contribution in [1.82, 2.24) is 0 Å². The number of esters is 6. The molecule has 0 aromatic heterocycles. The highest BCUT2D eigenvalue weighted by molar-refractivity contribution is 5.94. The average molecular weight is 1300 g/mol. The van der Waals surface area contributed by atoms with Crippen LogP contribution in [0.3, 0.4) is 0 Å². The Morgan fingerprint density at radius 1 is 0.368 bits per heavy atom. The predicted octanol–water partition coefficient (Wildman–Crippen LogP) is 12.7. The summed E-state index contributed by atoms with van der Waals surface area (Å²) >= 11 is 0. The number of carbonyl (C=O) groups excluding carboxylic acids is 8. The molecule has 24 heteroatoms. The Morgan fingerprint density at radius 2 is 0.737 bits per heavy atom. The highest BCUT2D eigenvalue weighted by Crippen LogP contribution is 2.29. The summed E-state index contributed by atoms with van der Waals surface area (Å²) in [6.45, 7) is 15.9. The van der Waals surface area contributed by atoms with Crippen molar-refractivity contribution < 1.29 is 114 Å². The van der Waals surface area contributed by atoms with E-state index in [1.54, 1.807) is 43.3 Å². The van der Waals surface area contributed by atoms with Gasteiger partial charge < -0.3 is 71.2 Å². The van der Waals surface area contributed by atoms with Gasteiger partial charge in [-0.3, -0.25) is 0 Å². The van der Waals surface area contributed by atoms with E-state index in [1.807, 2.05) is 48.5 Å². The van der Waals surface area contributed by atoms with Gasteiger partial charge in [0.05, 0.1) is 43.1 Å². The number of unbranched alkanes of at least 4 members (excludes halogenated alkanes) is 2. The lowest BCUT2D eigenvalue weighted by atomic mass is 10.1. The van der Waals surface area contributed by atoms with Crippen LogP contribution in [0.2, 0.25) is 0 Å². The SMILES string of the molecule is C=C=COOCCCCOc1ccc(OCOc2ccc3cc(OC(=O)c4ccc(OCCCCOC(=O)C=C)cc4)ccc3c2)cc1.C=CC(=O)OCCOC(=O)Oc1ccc(C(=O)Oc2ccc(OC(=O)c3ccc(OC(=O)OCCOC(=O)C=C)cc3)c(C)c2)cc1. The molecule has 0 aliphatic heterocycles.